The maximum Gasteiger partial charge on any atom is 0.200 e. The van der Waals surface area contributed by atoms with Crippen LogP contribution in [0.5, 0.6) is 0 Å². The minimum atomic E-state index is -0.453. The molecule has 2 aromatic heterocycles. The fourth-order valence-electron chi connectivity index (χ4n) is 0.921. The number of hydrogen-bond donors (Lipinski definition) is 0. The molecular formula is C6H5FN4S. The van der Waals surface area contributed by atoms with Gasteiger partial charge in [-0.3, -0.25) is 4.40 Å². The van der Waals surface area contributed by atoms with E-state index in [0.717, 1.165) is 6.20 Å². The highest BCUT2D eigenvalue weighted by atomic mass is 32.2. The maximum absolute atomic E-state index is 12.9. The first kappa shape index (κ1) is 7.48. The van der Waals surface area contributed by atoms with Gasteiger partial charge in [-0.25, -0.2) is 9.37 Å². The summed E-state index contributed by atoms with van der Waals surface area (Å²) in [6.07, 6.45) is 4.45. The number of halogens is 1. The molecule has 6 heteroatoms. The summed E-state index contributed by atoms with van der Waals surface area (Å²) in [5.74, 6) is -0.453. The molecule has 0 aliphatic carbocycles. The van der Waals surface area contributed by atoms with E-state index in [0.29, 0.717) is 5.16 Å². The molecule has 0 spiro atoms. The molecule has 0 bridgehead atoms. The van der Waals surface area contributed by atoms with E-state index in [1.807, 2.05) is 6.26 Å². The molecule has 0 saturated heterocycles. The zero-order valence-corrected chi connectivity index (χ0v) is 7.05. The second-order valence-corrected chi connectivity index (χ2v) is 2.89. The molecule has 0 atom stereocenters. The van der Waals surface area contributed by atoms with Crippen LogP contribution < -0.4 is 0 Å². The summed E-state index contributed by atoms with van der Waals surface area (Å²) in [4.78, 5) is 3.87. The van der Waals surface area contributed by atoms with E-state index in [2.05, 4.69) is 15.2 Å². The fourth-order valence-corrected chi connectivity index (χ4v) is 1.41. The fraction of sp³-hybridized carbons (Fsp3) is 0.167. The van der Waals surface area contributed by atoms with Crippen molar-refractivity contribution in [3.8, 4) is 0 Å². The predicted octanol–water partition coefficient (Wildman–Crippen LogP) is 0.985. The van der Waals surface area contributed by atoms with E-state index >= 15 is 0 Å². The van der Waals surface area contributed by atoms with Crippen LogP contribution in [0.2, 0.25) is 0 Å². The second-order valence-electron chi connectivity index (χ2n) is 2.12. The van der Waals surface area contributed by atoms with Crippen molar-refractivity contribution in [3.05, 3.63) is 18.3 Å². The Labute approximate surface area is 71.8 Å². The van der Waals surface area contributed by atoms with Crippen LogP contribution in [-0.4, -0.2) is 25.8 Å². The molecule has 2 heterocycles. The highest BCUT2D eigenvalue weighted by Gasteiger charge is 2.06. The topological polar surface area (TPSA) is 43.1 Å². The summed E-state index contributed by atoms with van der Waals surface area (Å²) >= 11 is 1.42. The summed E-state index contributed by atoms with van der Waals surface area (Å²) in [6.45, 7) is 0. The van der Waals surface area contributed by atoms with Crippen molar-refractivity contribution in [2.45, 2.75) is 5.16 Å². The van der Waals surface area contributed by atoms with Crippen LogP contribution >= 0.6 is 11.8 Å². The molecule has 0 radical (unpaired) electrons. The standard InChI is InChI=1S/C6H5FN4S/c1-12-6-8-2-4(7)5-10-9-3-11(5)6/h2-3H,1H3. The molecule has 0 aromatic carbocycles. The number of hydrogen-bond acceptors (Lipinski definition) is 4. The van der Waals surface area contributed by atoms with Crippen LogP contribution in [0.25, 0.3) is 5.65 Å². The van der Waals surface area contributed by atoms with E-state index in [9.17, 15) is 4.39 Å². The normalized spacial score (nSPS) is 10.8. The third-order valence-electron chi connectivity index (χ3n) is 1.44. The van der Waals surface area contributed by atoms with Gasteiger partial charge in [-0.2, -0.15) is 0 Å². The summed E-state index contributed by atoms with van der Waals surface area (Å²) in [5, 5.41) is 7.88. The molecule has 0 amide bonds. The Morgan fingerprint density at radius 3 is 3.17 bits per heavy atom. The van der Waals surface area contributed by atoms with Crippen LogP contribution in [-0.2, 0) is 0 Å². The Morgan fingerprint density at radius 2 is 2.42 bits per heavy atom. The van der Waals surface area contributed by atoms with Gasteiger partial charge in [-0.15, -0.1) is 10.2 Å². The van der Waals surface area contributed by atoms with Gasteiger partial charge in [0.1, 0.15) is 6.33 Å². The van der Waals surface area contributed by atoms with Crippen molar-refractivity contribution in [1.29, 1.82) is 0 Å². The Hall–Kier alpha value is -1.17. The molecule has 0 N–H and O–H groups in total. The highest BCUT2D eigenvalue weighted by molar-refractivity contribution is 7.98. The van der Waals surface area contributed by atoms with Crippen LogP contribution in [0.4, 0.5) is 4.39 Å². The smallest absolute Gasteiger partial charge is 0.200 e. The molecular weight excluding hydrogens is 179 g/mol. The molecule has 62 valence electrons. The molecule has 4 nitrogen and oxygen atoms in total. The lowest BCUT2D eigenvalue weighted by atomic mass is 10.6. The maximum atomic E-state index is 12.9. The number of rotatable bonds is 1. The number of fused-ring (bicyclic) bond motifs is 1. The lowest BCUT2D eigenvalue weighted by molar-refractivity contribution is 0.613. The average molecular weight is 184 g/mol. The minimum Gasteiger partial charge on any atom is -0.257 e. The van der Waals surface area contributed by atoms with Crippen molar-refractivity contribution >= 4 is 17.4 Å². The monoisotopic (exact) mass is 184 g/mol. The van der Waals surface area contributed by atoms with E-state index in [1.54, 1.807) is 0 Å². The quantitative estimate of drug-likeness (QED) is 0.489. The SMILES string of the molecule is CSc1ncc(F)c2nncn12. The van der Waals surface area contributed by atoms with E-state index in [4.69, 9.17) is 0 Å². The summed E-state index contributed by atoms with van der Waals surface area (Å²) in [6, 6.07) is 0. The van der Waals surface area contributed by atoms with Crippen molar-refractivity contribution in [1.82, 2.24) is 19.6 Å². The van der Waals surface area contributed by atoms with Gasteiger partial charge in [0.05, 0.1) is 6.20 Å². The van der Waals surface area contributed by atoms with Gasteiger partial charge in [0, 0.05) is 0 Å². The molecule has 0 saturated carbocycles. The number of thioether (sulfide) groups is 1. The van der Waals surface area contributed by atoms with E-state index < -0.39 is 5.82 Å². The Balaban J connectivity index is 2.82. The van der Waals surface area contributed by atoms with Gasteiger partial charge in [0.25, 0.3) is 0 Å². The van der Waals surface area contributed by atoms with Crippen LogP contribution in [0.3, 0.4) is 0 Å². The molecule has 2 rings (SSSR count). The summed E-state index contributed by atoms with van der Waals surface area (Å²) in [5.41, 5.74) is 0.217. The molecule has 2 aromatic rings. The lowest BCUT2D eigenvalue weighted by Crippen LogP contribution is -1.95. The largest absolute Gasteiger partial charge is 0.257 e. The first-order chi connectivity index (χ1) is 5.83. The van der Waals surface area contributed by atoms with Gasteiger partial charge in [0.2, 0.25) is 0 Å². The summed E-state index contributed by atoms with van der Waals surface area (Å²) in [7, 11) is 0. The van der Waals surface area contributed by atoms with Crippen molar-refractivity contribution in [2.75, 3.05) is 6.26 Å². The van der Waals surface area contributed by atoms with E-state index in [-0.39, 0.29) is 5.65 Å². The van der Waals surface area contributed by atoms with Gasteiger partial charge < -0.3 is 0 Å². The van der Waals surface area contributed by atoms with Crippen LogP contribution in [0.15, 0.2) is 17.7 Å². The Morgan fingerprint density at radius 1 is 1.58 bits per heavy atom. The lowest BCUT2D eigenvalue weighted by Gasteiger charge is -1.98. The molecule has 12 heavy (non-hydrogen) atoms. The van der Waals surface area contributed by atoms with Crippen LogP contribution in [0.1, 0.15) is 0 Å². The molecule has 0 aliphatic rings. The van der Waals surface area contributed by atoms with Crippen molar-refractivity contribution in [2.24, 2.45) is 0 Å². The van der Waals surface area contributed by atoms with E-state index in [1.165, 1.54) is 22.5 Å². The minimum absolute atomic E-state index is 0.217. The highest BCUT2D eigenvalue weighted by Crippen LogP contribution is 2.14. The van der Waals surface area contributed by atoms with Crippen molar-refractivity contribution < 1.29 is 4.39 Å². The van der Waals surface area contributed by atoms with Gasteiger partial charge >= 0.3 is 0 Å². The third kappa shape index (κ3) is 0.953. The predicted molar refractivity (Wildman–Crippen MR) is 42.5 cm³/mol. The Kier molecular flexibility index (Phi) is 1.69. The van der Waals surface area contributed by atoms with Crippen LogP contribution in [0, 0.1) is 5.82 Å². The van der Waals surface area contributed by atoms with Gasteiger partial charge in [-0.05, 0) is 6.26 Å². The van der Waals surface area contributed by atoms with Crippen molar-refractivity contribution in [3.63, 3.8) is 0 Å². The second kappa shape index (κ2) is 2.71. The zero-order chi connectivity index (χ0) is 8.55. The number of aromatic nitrogens is 4. The summed E-state index contributed by atoms with van der Waals surface area (Å²) < 4.78 is 14.5. The molecule has 0 unspecified atom stereocenters. The first-order valence-electron chi connectivity index (χ1n) is 3.21. The molecule has 0 fully saturated rings. The van der Waals surface area contributed by atoms with Gasteiger partial charge in [0.15, 0.2) is 16.6 Å². The average Bonchev–Trinajstić information content (AvgIpc) is 2.54. The third-order valence-corrected chi connectivity index (χ3v) is 2.11. The Bertz CT molecular complexity index is 413. The first-order valence-corrected chi connectivity index (χ1v) is 4.43. The number of nitrogens with zero attached hydrogens (tertiary/aromatic N) is 4. The molecule has 0 aliphatic heterocycles. The zero-order valence-electron chi connectivity index (χ0n) is 6.23. The van der Waals surface area contributed by atoms with Gasteiger partial charge in [-0.1, -0.05) is 11.8 Å².